The van der Waals surface area contributed by atoms with E-state index in [1.807, 2.05) is 18.2 Å². The molecule has 1 aliphatic heterocycles. The number of carbonyl (C=O) groups is 1. The molecule has 0 atom stereocenters. The van der Waals surface area contributed by atoms with Crippen molar-refractivity contribution in [3.05, 3.63) is 29.8 Å². The summed E-state index contributed by atoms with van der Waals surface area (Å²) >= 11 is 0. The molecule has 0 aromatic heterocycles. The zero-order valence-electron chi connectivity index (χ0n) is 17.1. The Kier molecular flexibility index (Phi) is 7.88. The summed E-state index contributed by atoms with van der Waals surface area (Å²) in [5.41, 5.74) is 0.828. The minimum Gasteiger partial charge on any atom is -0.493 e. The maximum atomic E-state index is 12.4. The van der Waals surface area contributed by atoms with Gasteiger partial charge in [-0.2, -0.15) is 4.31 Å². The van der Waals surface area contributed by atoms with Crippen molar-refractivity contribution in [3.63, 3.8) is 0 Å². The number of rotatable bonds is 8. The molecule has 0 unspecified atom stereocenters. The van der Waals surface area contributed by atoms with Crippen molar-refractivity contribution in [1.82, 2.24) is 9.21 Å². The van der Waals surface area contributed by atoms with Gasteiger partial charge in [0.1, 0.15) is 0 Å². The monoisotopic (exact) mass is 410 g/mol. The summed E-state index contributed by atoms with van der Waals surface area (Å²) in [6.45, 7) is 7.85. The zero-order chi connectivity index (χ0) is 20.7. The second kappa shape index (κ2) is 9.93. The predicted octanol–water partition coefficient (Wildman–Crippen LogP) is 2.24. The first-order valence-corrected chi connectivity index (χ1v) is 11.1. The van der Waals surface area contributed by atoms with Crippen molar-refractivity contribution in [2.24, 2.45) is 5.92 Å². The molecule has 0 bridgehead atoms. The van der Waals surface area contributed by atoms with Gasteiger partial charge in [-0.3, -0.25) is 4.79 Å². The number of hydrogen-bond donors (Lipinski definition) is 0. The smallest absolute Gasteiger partial charge is 0.246 e. The number of ether oxygens (including phenoxy) is 2. The highest BCUT2D eigenvalue weighted by Gasteiger charge is 2.26. The minimum absolute atomic E-state index is 0.0829. The van der Waals surface area contributed by atoms with Crippen molar-refractivity contribution < 1.29 is 22.7 Å². The molecule has 156 valence electrons. The molecular formula is C20H30N2O5S. The van der Waals surface area contributed by atoms with E-state index >= 15 is 0 Å². The van der Waals surface area contributed by atoms with E-state index < -0.39 is 10.0 Å². The maximum absolute atomic E-state index is 12.4. The van der Waals surface area contributed by atoms with Crippen molar-refractivity contribution in [3.8, 4) is 11.5 Å². The molecule has 8 heteroatoms. The van der Waals surface area contributed by atoms with E-state index in [1.165, 1.54) is 10.4 Å². The summed E-state index contributed by atoms with van der Waals surface area (Å²) in [7, 11) is -1.61. The number of sulfonamides is 1. The molecule has 0 radical (unpaired) electrons. The van der Waals surface area contributed by atoms with Gasteiger partial charge in [0.2, 0.25) is 15.9 Å². The SMILES string of the molecule is CCS(=O)(=O)N1CCN(C(=O)/C=C/c2ccc(OCC(C)C)c(OC)c2)CC1. The van der Waals surface area contributed by atoms with Gasteiger partial charge >= 0.3 is 0 Å². The molecule has 1 aromatic rings. The number of piperazine rings is 1. The van der Waals surface area contributed by atoms with Gasteiger partial charge in [-0.05, 0) is 36.6 Å². The Morgan fingerprint density at radius 2 is 1.86 bits per heavy atom. The van der Waals surface area contributed by atoms with Crippen LogP contribution in [-0.4, -0.2) is 69.2 Å². The lowest BCUT2D eigenvalue weighted by Gasteiger charge is -2.33. The highest BCUT2D eigenvalue weighted by Crippen LogP contribution is 2.29. The minimum atomic E-state index is -3.20. The first-order chi connectivity index (χ1) is 13.3. The lowest BCUT2D eigenvalue weighted by Crippen LogP contribution is -2.50. The molecule has 0 aliphatic carbocycles. The average Bonchev–Trinajstić information content (AvgIpc) is 2.70. The molecule has 2 rings (SSSR count). The van der Waals surface area contributed by atoms with Gasteiger partial charge < -0.3 is 14.4 Å². The topological polar surface area (TPSA) is 76.2 Å². The summed E-state index contributed by atoms with van der Waals surface area (Å²) in [6, 6.07) is 5.53. The highest BCUT2D eigenvalue weighted by molar-refractivity contribution is 7.89. The number of benzene rings is 1. The lowest BCUT2D eigenvalue weighted by atomic mass is 10.1. The highest BCUT2D eigenvalue weighted by atomic mass is 32.2. The van der Waals surface area contributed by atoms with Crippen LogP contribution < -0.4 is 9.47 Å². The maximum Gasteiger partial charge on any atom is 0.246 e. The Balaban J connectivity index is 1.97. The Morgan fingerprint density at radius 1 is 1.18 bits per heavy atom. The summed E-state index contributed by atoms with van der Waals surface area (Å²) in [4.78, 5) is 14.1. The predicted molar refractivity (Wildman–Crippen MR) is 110 cm³/mol. The summed E-state index contributed by atoms with van der Waals surface area (Å²) in [6.07, 6.45) is 3.24. The average molecular weight is 411 g/mol. The van der Waals surface area contributed by atoms with Crippen molar-refractivity contribution in [2.75, 3.05) is 45.6 Å². The van der Waals surface area contributed by atoms with Crippen LogP contribution in [0.5, 0.6) is 11.5 Å². The van der Waals surface area contributed by atoms with E-state index in [4.69, 9.17) is 9.47 Å². The lowest BCUT2D eigenvalue weighted by molar-refractivity contribution is -0.127. The van der Waals surface area contributed by atoms with Crippen molar-refractivity contribution in [1.29, 1.82) is 0 Å². The first-order valence-electron chi connectivity index (χ1n) is 9.52. The van der Waals surface area contributed by atoms with Crippen molar-refractivity contribution in [2.45, 2.75) is 20.8 Å². The first kappa shape index (κ1) is 22.2. The van der Waals surface area contributed by atoms with Gasteiger partial charge in [-0.1, -0.05) is 19.9 Å². The van der Waals surface area contributed by atoms with Gasteiger partial charge in [-0.15, -0.1) is 0 Å². The molecule has 0 N–H and O–H groups in total. The number of nitrogens with zero attached hydrogens (tertiary/aromatic N) is 2. The second-order valence-corrected chi connectivity index (χ2v) is 9.33. The third-order valence-corrected chi connectivity index (χ3v) is 6.37. The van der Waals surface area contributed by atoms with E-state index in [9.17, 15) is 13.2 Å². The van der Waals surface area contributed by atoms with Gasteiger partial charge in [-0.25, -0.2) is 8.42 Å². The molecule has 1 aromatic carbocycles. The van der Waals surface area contributed by atoms with Crippen LogP contribution in [0.1, 0.15) is 26.3 Å². The van der Waals surface area contributed by atoms with Gasteiger partial charge in [0.15, 0.2) is 11.5 Å². The molecule has 7 nitrogen and oxygen atoms in total. The number of methoxy groups -OCH3 is 1. The van der Waals surface area contributed by atoms with Crippen LogP contribution in [-0.2, 0) is 14.8 Å². The number of amides is 1. The Bertz CT molecular complexity index is 797. The molecule has 1 aliphatic rings. The summed E-state index contributed by atoms with van der Waals surface area (Å²) < 4.78 is 36.4. The van der Waals surface area contributed by atoms with Crippen LogP contribution in [0, 0.1) is 5.92 Å². The Morgan fingerprint density at radius 3 is 2.43 bits per heavy atom. The van der Waals surface area contributed by atoms with Gasteiger partial charge in [0.05, 0.1) is 19.5 Å². The molecule has 28 heavy (non-hydrogen) atoms. The molecule has 1 fully saturated rings. The van der Waals surface area contributed by atoms with E-state index in [2.05, 4.69) is 13.8 Å². The van der Waals surface area contributed by atoms with Crippen LogP contribution in [0.3, 0.4) is 0 Å². The molecule has 0 spiro atoms. The normalized spacial score (nSPS) is 16.0. The second-order valence-electron chi connectivity index (χ2n) is 7.07. The van der Waals surface area contributed by atoms with E-state index in [0.717, 1.165) is 5.56 Å². The molecule has 1 amide bonds. The quantitative estimate of drug-likeness (QED) is 0.615. The summed E-state index contributed by atoms with van der Waals surface area (Å²) in [5.74, 6) is 1.66. The van der Waals surface area contributed by atoms with Crippen LogP contribution >= 0.6 is 0 Å². The van der Waals surface area contributed by atoms with Crippen molar-refractivity contribution >= 4 is 22.0 Å². The molecule has 0 saturated carbocycles. The fraction of sp³-hybridized carbons (Fsp3) is 0.550. The van der Waals surface area contributed by atoms with E-state index in [1.54, 1.807) is 25.0 Å². The third-order valence-electron chi connectivity index (χ3n) is 4.49. The number of carbonyl (C=O) groups excluding carboxylic acids is 1. The molecular weight excluding hydrogens is 380 g/mol. The van der Waals surface area contributed by atoms with Crippen LogP contribution in [0.25, 0.3) is 6.08 Å². The molecule has 1 heterocycles. The molecule has 1 saturated heterocycles. The van der Waals surface area contributed by atoms with Crippen LogP contribution in [0.15, 0.2) is 24.3 Å². The number of hydrogen-bond acceptors (Lipinski definition) is 5. The zero-order valence-corrected chi connectivity index (χ0v) is 17.9. The fourth-order valence-electron chi connectivity index (χ4n) is 2.81. The fourth-order valence-corrected chi connectivity index (χ4v) is 3.89. The van der Waals surface area contributed by atoms with Crippen LogP contribution in [0.4, 0.5) is 0 Å². The van der Waals surface area contributed by atoms with Gasteiger partial charge in [0, 0.05) is 32.3 Å². The third kappa shape index (κ3) is 5.97. The standard InChI is InChI=1S/C20H30N2O5S/c1-5-28(24,25)22-12-10-21(11-13-22)20(23)9-7-17-6-8-18(19(14-17)26-4)27-15-16(2)3/h6-9,14,16H,5,10-13,15H2,1-4H3/b9-7+. The summed E-state index contributed by atoms with van der Waals surface area (Å²) in [5, 5.41) is 0. The largest absolute Gasteiger partial charge is 0.493 e. The Labute approximate surface area is 168 Å². The van der Waals surface area contributed by atoms with Gasteiger partial charge in [0.25, 0.3) is 0 Å². The van der Waals surface area contributed by atoms with Crippen LogP contribution in [0.2, 0.25) is 0 Å². The Hall–Kier alpha value is -2.06. The van der Waals surface area contributed by atoms with E-state index in [0.29, 0.717) is 50.2 Å². The van der Waals surface area contributed by atoms with E-state index in [-0.39, 0.29) is 11.7 Å².